The molecule has 0 aromatic heterocycles. The predicted octanol–water partition coefficient (Wildman–Crippen LogP) is 5.37. The van der Waals surface area contributed by atoms with Gasteiger partial charge >= 0.3 is 0 Å². The monoisotopic (exact) mass is 433 g/mol. The fourth-order valence-corrected chi connectivity index (χ4v) is 4.47. The highest BCUT2D eigenvalue weighted by Crippen LogP contribution is 2.42. The zero-order valence-corrected chi connectivity index (χ0v) is 18.5. The highest BCUT2D eigenvalue weighted by atomic mass is 35.5. The molecule has 29 heavy (non-hydrogen) atoms. The largest absolute Gasteiger partial charge is 0.305 e. The quantitative estimate of drug-likeness (QED) is 0.576. The summed E-state index contributed by atoms with van der Waals surface area (Å²) in [6.07, 6.45) is 3.75. The van der Waals surface area contributed by atoms with Crippen LogP contribution in [0.3, 0.4) is 0 Å². The van der Waals surface area contributed by atoms with Crippen molar-refractivity contribution < 1.29 is 4.79 Å². The number of halogens is 2. The average Bonchev–Trinajstić information content (AvgIpc) is 2.66. The van der Waals surface area contributed by atoms with Crippen molar-refractivity contribution in [2.24, 2.45) is 17.4 Å². The molecule has 1 saturated carbocycles. The average molecular weight is 434 g/mol. The van der Waals surface area contributed by atoms with Crippen molar-refractivity contribution in [3.8, 4) is 0 Å². The summed E-state index contributed by atoms with van der Waals surface area (Å²) in [4.78, 5) is 15.5. The number of rotatable bonds is 7. The minimum absolute atomic E-state index is 0.00935. The fraction of sp³-hybridized carbons (Fsp3) is 0.435. The summed E-state index contributed by atoms with van der Waals surface area (Å²) in [5.74, 6) is -0.0674. The van der Waals surface area contributed by atoms with Gasteiger partial charge in [0, 0.05) is 16.0 Å². The molecule has 3 rings (SSSR count). The van der Waals surface area contributed by atoms with Crippen molar-refractivity contribution in [3.05, 3.63) is 69.7 Å². The maximum absolute atomic E-state index is 13.8. The molecule has 0 heterocycles. The number of carbonyl (C=O) groups is 1. The third-order valence-electron chi connectivity index (χ3n) is 6.20. The van der Waals surface area contributed by atoms with E-state index in [9.17, 15) is 4.79 Å². The molecule has 2 aromatic carbocycles. The van der Waals surface area contributed by atoms with Gasteiger partial charge in [-0.1, -0.05) is 67.7 Å². The minimum Gasteiger partial charge on any atom is -0.305 e. The van der Waals surface area contributed by atoms with Crippen LogP contribution in [0.4, 0.5) is 0 Å². The summed E-state index contributed by atoms with van der Waals surface area (Å²) in [6, 6.07) is 14.8. The van der Waals surface area contributed by atoms with Crippen molar-refractivity contribution in [2.45, 2.75) is 57.3 Å². The topological polar surface area (TPSA) is 72.3 Å². The maximum Gasteiger partial charge on any atom is 0.229 e. The van der Waals surface area contributed by atoms with Crippen molar-refractivity contribution in [1.29, 1.82) is 0 Å². The summed E-state index contributed by atoms with van der Waals surface area (Å²) in [6.45, 7) is 3.94. The Morgan fingerprint density at radius 1 is 0.966 bits per heavy atom. The Balaban J connectivity index is 2.21. The van der Waals surface area contributed by atoms with Crippen LogP contribution in [0.15, 0.2) is 48.5 Å². The molecule has 2 unspecified atom stereocenters. The molecule has 1 aliphatic carbocycles. The molecule has 2 atom stereocenters. The third-order valence-corrected chi connectivity index (χ3v) is 6.67. The zero-order valence-electron chi connectivity index (χ0n) is 17.0. The summed E-state index contributed by atoms with van der Waals surface area (Å²) in [7, 11) is 0. The van der Waals surface area contributed by atoms with Crippen molar-refractivity contribution in [3.63, 3.8) is 0 Å². The molecular weight excluding hydrogens is 405 g/mol. The molecule has 4 nitrogen and oxygen atoms in total. The highest BCUT2D eigenvalue weighted by Gasteiger charge is 2.50. The molecule has 0 radical (unpaired) electrons. The van der Waals surface area contributed by atoms with Gasteiger partial charge in [-0.05, 0) is 61.1 Å². The van der Waals surface area contributed by atoms with E-state index in [0.29, 0.717) is 22.9 Å². The maximum atomic E-state index is 13.8. The summed E-state index contributed by atoms with van der Waals surface area (Å²) >= 11 is 12.5. The summed E-state index contributed by atoms with van der Waals surface area (Å²) in [5, 5.41) is 1.15. The first-order chi connectivity index (χ1) is 13.8. The van der Waals surface area contributed by atoms with Crippen molar-refractivity contribution >= 4 is 29.1 Å². The molecule has 1 amide bonds. The Kier molecular flexibility index (Phi) is 6.59. The molecule has 4 N–H and O–H groups in total. The van der Waals surface area contributed by atoms with Gasteiger partial charge < -0.3 is 11.5 Å². The lowest BCUT2D eigenvalue weighted by Crippen LogP contribution is -2.68. The molecule has 0 aliphatic heterocycles. The number of hydrogen-bond acceptors (Lipinski definition) is 3. The number of nitrogens with zero attached hydrogens (tertiary/aromatic N) is 1. The minimum atomic E-state index is -1.11. The summed E-state index contributed by atoms with van der Waals surface area (Å²) < 4.78 is 0. The molecule has 1 aliphatic rings. The van der Waals surface area contributed by atoms with E-state index in [2.05, 4.69) is 0 Å². The molecule has 0 bridgehead atoms. The molecule has 6 heteroatoms. The Hall–Kier alpha value is -1.59. The van der Waals surface area contributed by atoms with Gasteiger partial charge in [0.25, 0.3) is 0 Å². The van der Waals surface area contributed by atoms with Gasteiger partial charge in [0.1, 0.15) is 11.3 Å². The van der Waals surface area contributed by atoms with Crippen molar-refractivity contribution in [1.82, 2.24) is 4.90 Å². The van der Waals surface area contributed by atoms with Crippen LogP contribution in [0.25, 0.3) is 0 Å². The second-order valence-electron chi connectivity index (χ2n) is 7.88. The lowest BCUT2D eigenvalue weighted by atomic mass is 9.80. The standard InChI is InChI=1S/C23H29Cl2N3O/c1-3-22(26,17-10-6-12-19(24)14-17)28(21(29)16-8-5-9-16)23(27,4-2)18-11-7-13-20(25)15-18/h6-7,10-16H,3-5,8-9,26-27H2,1-2H3. The van der Waals surface area contributed by atoms with E-state index < -0.39 is 11.3 Å². The van der Waals surface area contributed by atoms with E-state index in [1.165, 1.54) is 0 Å². The Labute approximate surface area is 183 Å². The predicted molar refractivity (Wildman–Crippen MR) is 119 cm³/mol. The number of hydrogen-bond donors (Lipinski definition) is 2. The Morgan fingerprint density at radius 3 is 1.72 bits per heavy atom. The molecule has 0 spiro atoms. The lowest BCUT2D eigenvalue weighted by molar-refractivity contribution is -0.158. The second kappa shape index (κ2) is 8.65. The van der Waals surface area contributed by atoms with Crippen LogP contribution in [0.1, 0.15) is 57.1 Å². The number of amides is 1. The smallest absolute Gasteiger partial charge is 0.229 e. The number of benzene rings is 2. The van der Waals surface area contributed by atoms with E-state index in [1.807, 2.05) is 50.2 Å². The van der Waals surface area contributed by atoms with E-state index >= 15 is 0 Å². The Bertz CT molecular complexity index is 826. The van der Waals surface area contributed by atoms with Gasteiger partial charge in [-0.3, -0.25) is 9.69 Å². The van der Waals surface area contributed by atoms with Crippen molar-refractivity contribution in [2.75, 3.05) is 0 Å². The highest BCUT2D eigenvalue weighted by molar-refractivity contribution is 6.30. The van der Waals surface area contributed by atoms with Crippen LogP contribution < -0.4 is 11.5 Å². The SMILES string of the molecule is CCC(N)(c1cccc(Cl)c1)N(C(=O)C1CCC1)C(N)(CC)c1cccc(Cl)c1. The lowest BCUT2D eigenvalue weighted by Gasteiger charge is -2.53. The molecule has 0 saturated heterocycles. The molecule has 2 aromatic rings. The first-order valence-electron chi connectivity index (χ1n) is 10.2. The molecule has 156 valence electrons. The normalized spacial score (nSPS) is 18.4. The summed E-state index contributed by atoms with van der Waals surface area (Å²) in [5.41, 5.74) is 13.4. The number of nitrogens with two attached hydrogens (primary N) is 2. The van der Waals surface area contributed by atoms with Crippen LogP contribution in [-0.4, -0.2) is 10.8 Å². The van der Waals surface area contributed by atoms with E-state index in [4.69, 9.17) is 34.7 Å². The van der Waals surface area contributed by atoms with Gasteiger partial charge in [0.2, 0.25) is 5.91 Å². The van der Waals surface area contributed by atoms with Gasteiger partial charge in [-0.25, -0.2) is 0 Å². The fourth-order valence-electron chi connectivity index (χ4n) is 4.09. The first kappa shape index (κ1) is 22.1. The molecule has 1 fully saturated rings. The molecular formula is C23H29Cl2N3O. The second-order valence-corrected chi connectivity index (χ2v) is 8.75. The Morgan fingerprint density at radius 2 is 1.41 bits per heavy atom. The third kappa shape index (κ3) is 4.04. The number of carbonyl (C=O) groups excluding carboxylic acids is 1. The van der Waals surface area contributed by atoms with Crippen LogP contribution in [0.2, 0.25) is 10.0 Å². The van der Waals surface area contributed by atoms with Crippen LogP contribution >= 0.6 is 23.2 Å². The van der Waals surface area contributed by atoms with Gasteiger partial charge in [0.05, 0.1) is 0 Å². The van der Waals surface area contributed by atoms with Crippen LogP contribution in [-0.2, 0) is 16.1 Å². The van der Waals surface area contributed by atoms with Crippen LogP contribution in [0.5, 0.6) is 0 Å². The van der Waals surface area contributed by atoms with Gasteiger partial charge in [-0.2, -0.15) is 0 Å². The van der Waals surface area contributed by atoms with E-state index in [1.54, 1.807) is 17.0 Å². The van der Waals surface area contributed by atoms with Gasteiger partial charge in [0.15, 0.2) is 0 Å². The van der Waals surface area contributed by atoms with Crippen LogP contribution in [0, 0.1) is 5.92 Å². The zero-order chi connectivity index (χ0) is 21.2. The van der Waals surface area contributed by atoms with Gasteiger partial charge in [-0.15, -0.1) is 0 Å². The first-order valence-corrected chi connectivity index (χ1v) is 11.0. The van der Waals surface area contributed by atoms with E-state index in [0.717, 1.165) is 30.4 Å². The van der Waals surface area contributed by atoms with E-state index in [-0.39, 0.29) is 11.8 Å².